The van der Waals surface area contributed by atoms with Crippen molar-refractivity contribution >= 4 is 11.5 Å². The molecule has 0 radical (unpaired) electrons. The Labute approximate surface area is 86.7 Å². The van der Waals surface area contributed by atoms with E-state index in [-0.39, 0.29) is 0 Å². The molecule has 3 nitrogen and oxygen atoms in total. The number of hydrogen-bond donors (Lipinski definition) is 1. The maximum absolute atomic E-state index is 4.37. The van der Waals surface area contributed by atoms with Crippen LogP contribution in [0.25, 0.3) is 0 Å². The molecule has 1 N–H and O–H groups in total. The van der Waals surface area contributed by atoms with E-state index in [0.717, 1.165) is 18.1 Å². The molecule has 1 aliphatic heterocycles. The highest BCUT2D eigenvalue weighted by Crippen LogP contribution is 2.05. The Kier molecular flexibility index (Phi) is 4.11. The molecule has 1 rings (SSSR count). The van der Waals surface area contributed by atoms with Crippen LogP contribution in [0.15, 0.2) is 9.98 Å². The number of nitrogens with zero attached hydrogens (tertiary/aromatic N) is 2. The molecule has 0 amide bonds. The SMILES string of the molecule is CCC(C)CNC1=NCN=C1C(C)C. The van der Waals surface area contributed by atoms with Crippen LogP contribution >= 0.6 is 0 Å². The largest absolute Gasteiger partial charge is 0.369 e. The Balaban J connectivity index is 2.42. The zero-order chi connectivity index (χ0) is 10.6. The van der Waals surface area contributed by atoms with Gasteiger partial charge < -0.3 is 5.32 Å². The van der Waals surface area contributed by atoms with Gasteiger partial charge in [0.1, 0.15) is 12.5 Å². The summed E-state index contributed by atoms with van der Waals surface area (Å²) in [7, 11) is 0. The van der Waals surface area contributed by atoms with Crippen molar-refractivity contribution in [3.63, 3.8) is 0 Å². The highest BCUT2D eigenvalue weighted by molar-refractivity contribution is 6.42. The first-order chi connectivity index (χ1) is 6.65. The first-order valence-corrected chi connectivity index (χ1v) is 5.48. The lowest BCUT2D eigenvalue weighted by Crippen LogP contribution is -2.35. The first-order valence-electron chi connectivity index (χ1n) is 5.48. The molecule has 1 heterocycles. The predicted octanol–water partition coefficient (Wildman–Crippen LogP) is 2.09. The fourth-order valence-corrected chi connectivity index (χ4v) is 1.36. The van der Waals surface area contributed by atoms with Crippen molar-refractivity contribution in [2.45, 2.75) is 34.1 Å². The van der Waals surface area contributed by atoms with Crippen molar-refractivity contribution < 1.29 is 0 Å². The van der Waals surface area contributed by atoms with Crippen molar-refractivity contribution in [1.82, 2.24) is 5.32 Å². The molecule has 0 aromatic carbocycles. The van der Waals surface area contributed by atoms with Gasteiger partial charge in [-0.15, -0.1) is 0 Å². The summed E-state index contributed by atoms with van der Waals surface area (Å²) in [5, 5.41) is 3.38. The fraction of sp³-hybridized carbons (Fsp3) is 0.818. The van der Waals surface area contributed by atoms with Gasteiger partial charge in [-0.1, -0.05) is 34.1 Å². The Hall–Kier alpha value is -0.860. The monoisotopic (exact) mass is 195 g/mol. The summed E-state index contributed by atoms with van der Waals surface area (Å²) in [6.07, 6.45) is 1.20. The van der Waals surface area contributed by atoms with Gasteiger partial charge in [0.05, 0.1) is 5.71 Å². The van der Waals surface area contributed by atoms with Crippen LogP contribution < -0.4 is 5.32 Å². The lowest BCUT2D eigenvalue weighted by atomic mass is 10.1. The minimum atomic E-state index is 0.473. The molecule has 3 heteroatoms. The van der Waals surface area contributed by atoms with E-state index < -0.39 is 0 Å². The van der Waals surface area contributed by atoms with Crippen LogP contribution in [0.2, 0.25) is 0 Å². The Bertz CT molecular complexity index is 241. The molecule has 1 unspecified atom stereocenters. The van der Waals surface area contributed by atoms with E-state index in [9.17, 15) is 0 Å². The molecule has 0 aromatic heterocycles. The third-order valence-electron chi connectivity index (χ3n) is 2.57. The maximum Gasteiger partial charge on any atom is 0.144 e. The summed E-state index contributed by atoms with van der Waals surface area (Å²) in [5.74, 6) is 2.19. The third kappa shape index (κ3) is 2.82. The fourth-order valence-electron chi connectivity index (χ4n) is 1.36. The molecule has 1 aliphatic rings. The molecule has 14 heavy (non-hydrogen) atoms. The van der Waals surface area contributed by atoms with E-state index in [1.165, 1.54) is 6.42 Å². The topological polar surface area (TPSA) is 36.8 Å². The van der Waals surface area contributed by atoms with Gasteiger partial charge in [-0.05, 0) is 11.8 Å². The molecule has 0 bridgehead atoms. The summed E-state index contributed by atoms with van der Waals surface area (Å²) in [6, 6.07) is 0. The standard InChI is InChI=1S/C11H21N3/c1-5-9(4)6-12-11-10(8(2)3)13-7-14-11/h8-9H,5-7H2,1-4H3,(H,12,14). The van der Waals surface area contributed by atoms with Crippen molar-refractivity contribution in [3.05, 3.63) is 0 Å². The van der Waals surface area contributed by atoms with Gasteiger partial charge in [0.2, 0.25) is 0 Å². The van der Waals surface area contributed by atoms with E-state index in [2.05, 4.69) is 43.0 Å². The number of hydrogen-bond acceptors (Lipinski definition) is 3. The van der Waals surface area contributed by atoms with E-state index in [1.807, 2.05) is 0 Å². The van der Waals surface area contributed by atoms with Crippen LogP contribution in [-0.2, 0) is 0 Å². The molecular formula is C11H21N3. The van der Waals surface area contributed by atoms with Crippen LogP contribution in [0, 0.1) is 11.8 Å². The molecule has 0 spiro atoms. The lowest BCUT2D eigenvalue weighted by molar-refractivity contribution is 0.549. The van der Waals surface area contributed by atoms with Crippen molar-refractivity contribution in [2.75, 3.05) is 13.2 Å². The van der Waals surface area contributed by atoms with Gasteiger partial charge in [-0.25, -0.2) is 4.99 Å². The van der Waals surface area contributed by atoms with Crippen molar-refractivity contribution in [3.8, 4) is 0 Å². The van der Waals surface area contributed by atoms with Gasteiger partial charge in [-0.2, -0.15) is 0 Å². The van der Waals surface area contributed by atoms with Gasteiger partial charge in [0.25, 0.3) is 0 Å². The minimum Gasteiger partial charge on any atom is -0.369 e. The number of aliphatic imine (C=N–C) groups is 2. The zero-order valence-corrected chi connectivity index (χ0v) is 9.67. The first kappa shape index (κ1) is 11.2. The molecular weight excluding hydrogens is 174 g/mol. The average molecular weight is 195 g/mol. The molecule has 0 fully saturated rings. The summed E-state index contributed by atoms with van der Waals surface area (Å²) in [4.78, 5) is 8.72. The average Bonchev–Trinajstić information content (AvgIpc) is 2.62. The highest BCUT2D eigenvalue weighted by Gasteiger charge is 2.16. The Morgan fingerprint density at radius 1 is 1.29 bits per heavy atom. The van der Waals surface area contributed by atoms with Gasteiger partial charge in [0.15, 0.2) is 0 Å². The van der Waals surface area contributed by atoms with Crippen LogP contribution in [0.3, 0.4) is 0 Å². The number of rotatable bonds is 4. The molecule has 0 aromatic rings. The second kappa shape index (κ2) is 5.13. The van der Waals surface area contributed by atoms with Gasteiger partial charge >= 0.3 is 0 Å². The number of nitrogens with one attached hydrogen (secondary N) is 1. The maximum atomic E-state index is 4.37. The lowest BCUT2D eigenvalue weighted by Gasteiger charge is -2.14. The molecule has 1 atom stereocenters. The molecule has 0 aliphatic carbocycles. The van der Waals surface area contributed by atoms with Crippen molar-refractivity contribution in [1.29, 1.82) is 0 Å². The van der Waals surface area contributed by atoms with Gasteiger partial charge in [-0.3, -0.25) is 4.99 Å². The summed E-state index contributed by atoms with van der Waals surface area (Å²) in [6.45, 7) is 10.4. The summed E-state index contributed by atoms with van der Waals surface area (Å²) < 4.78 is 0. The predicted molar refractivity (Wildman–Crippen MR) is 62.0 cm³/mol. The number of amidine groups is 1. The molecule has 0 saturated heterocycles. The minimum absolute atomic E-state index is 0.473. The van der Waals surface area contributed by atoms with E-state index >= 15 is 0 Å². The van der Waals surface area contributed by atoms with Crippen LogP contribution in [0.4, 0.5) is 0 Å². The zero-order valence-electron chi connectivity index (χ0n) is 9.67. The molecule has 0 saturated carbocycles. The third-order valence-corrected chi connectivity index (χ3v) is 2.57. The molecule has 80 valence electrons. The van der Waals surface area contributed by atoms with Crippen molar-refractivity contribution in [2.24, 2.45) is 21.8 Å². The Morgan fingerprint density at radius 2 is 2.00 bits per heavy atom. The van der Waals surface area contributed by atoms with Crippen LogP contribution in [-0.4, -0.2) is 24.8 Å². The van der Waals surface area contributed by atoms with E-state index in [0.29, 0.717) is 18.5 Å². The second-order valence-corrected chi connectivity index (χ2v) is 4.24. The van der Waals surface area contributed by atoms with Gasteiger partial charge in [0, 0.05) is 6.54 Å². The summed E-state index contributed by atoms with van der Waals surface area (Å²) in [5.41, 5.74) is 1.13. The van der Waals surface area contributed by atoms with E-state index in [1.54, 1.807) is 0 Å². The smallest absolute Gasteiger partial charge is 0.144 e. The Morgan fingerprint density at radius 3 is 2.57 bits per heavy atom. The second-order valence-electron chi connectivity index (χ2n) is 4.24. The quantitative estimate of drug-likeness (QED) is 0.732. The highest BCUT2D eigenvalue weighted by atomic mass is 15.1. The van der Waals surface area contributed by atoms with Crippen LogP contribution in [0.1, 0.15) is 34.1 Å². The summed E-state index contributed by atoms with van der Waals surface area (Å²) >= 11 is 0. The van der Waals surface area contributed by atoms with E-state index in [4.69, 9.17) is 0 Å². The normalized spacial score (nSPS) is 18.1. The van der Waals surface area contributed by atoms with Crippen LogP contribution in [0.5, 0.6) is 0 Å².